The average Bonchev–Trinajstić information content (AvgIpc) is 3.29. The number of pyridine rings is 2. The minimum atomic E-state index is -0.560. The van der Waals surface area contributed by atoms with Crippen molar-refractivity contribution in [3.63, 3.8) is 0 Å². The fourth-order valence-corrected chi connectivity index (χ4v) is 4.06. The Balaban J connectivity index is 1.30. The molecule has 0 atom stereocenters. The summed E-state index contributed by atoms with van der Waals surface area (Å²) in [7, 11) is 0. The third kappa shape index (κ3) is 4.57. The molecule has 172 valence electrons. The number of rotatable bonds is 6. The van der Waals surface area contributed by atoms with E-state index in [2.05, 4.69) is 48.0 Å². The van der Waals surface area contributed by atoms with Crippen LogP contribution in [0.5, 0.6) is 0 Å². The van der Waals surface area contributed by atoms with Gasteiger partial charge < -0.3 is 10.2 Å². The third-order valence-corrected chi connectivity index (χ3v) is 6.02. The first-order chi connectivity index (χ1) is 16.6. The smallest absolute Gasteiger partial charge is 0.229 e. The van der Waals surface area contributed by atoms with Crippen molar-refractivity contribution in [1.29, 1.82) is 5.26 Å². The Labute approximate surface area is 196 Å². The zero-order valence-electron chi connectivity index (χ0n) is 18.8. The highest BCUT2D eigenvalue weighted by Gasteiger charge is 2.16. The number of nitrogens with zero attached hydrogens (tertiary/aromatic N) is 8. The molecule has 0 saturated carbocycles. The summed E-state index contributed by atoms with van der Waals surface area (Å²) in [5.41, 5.74) is 2.74. The van der Waals surface area contributed by atoms with Gasteiger partial charge in [-0.3, -0.25) is 9.30 Å². The van der Waals surface area contributed by atoms with E-state index < -0.39 is 5.82 Å². The van der Waals surface area contributed by atoms with Crippen LogP contribution in [0.3, 0.4) is 0 Å². The number of fused-ring (bicyclic) bond motifs is 1. The Hall–Kier alpha value is -3.94. The highest BCUT2D eigenvalue weighted by molar-refractivity contribution is 5.64. The van der Waals surface area contributed by atoms with Gasteiger partial charge >= 0.3 is 0 Å². The number of hydrogen-bond donors (Lipinski definition) is 1. The first kappa shape index (κ1) is 21.9. The standard InChI is InChI=1S/C24H24FN9/c1-2-32-7-9-33(10-8-32)15-17-3-5-21(27-12-17)30-24-29-14-20(25)23(31-24)18-4-6-22-28-13-19(11-26)34(22)16-18/h3-6,12-14,16H,2,7-10,15H2,1H3,(H,27,29,30,31). The predicted octanol–water partition coefficient (Wildman–Crippen LogP) is 3.08. The number of hydrogen-bond acceptors (Lipinski definition) is 8. The number of anilines is 2. The van der Waals surface area contributed by atoms with Crippen LogP contribution in [-0.4, -0.2) is 66.9 Å². The van der Waals surface area contributed by atoms with E-state index in [0.29, 0.717) is 22.7 Å². The molecule has 1 aliphatic rings. The van der Waals surface area contributed by atoms with Crippen molar-refractivity contribution in [2.75, 3.05) is 38.0 Å². The van der Waals surface area contributed by atoms with Gasteiger partial charge in [0, 0.05) is 50.7 Å². The minimum absolute atomic E-state index is 0.125. The number of likely N-dealkylation sites (N-methyl/N-ethyl adjacent to an activating group) is 1. The molecule has 9 nitrogen and oxygen atoms in total. The van der Waals surface area contributed by atoms with Crippen LogP contribution < -0.4 is 5.32 Å². The number of aromatic nitrogens is 5. The van der Waals surface area contributed by atoms with Gasteiger partial charge in [0.2, 0.25) is 5.95 Å². The number of halogens is 1. The summed E-state index contributed by atoms with van der Waals surface area (Å²) in [6, 6.07) is 9.41. The molecule has 0 amide bonds. The Morgan fingerprint density at radius 3 is 2.56 bits per heavy atom. The van der Waals surface area contributed by atoms with Gasteiger partial charge in [0.25, 0.3) is 0 Å². The number of nitriles is 1. The molecule has 1 aliphatic heterocycles. The van der Waals surface area contributed by atoms with Gasteiger partial charge in [0.05, 0.1) is 12.4 Å². The zero-order chi connectivity index (χ0) is 23.5. The van der Waals surface area contributed by atoms with E-state index >= 15 is 0 Å². The van der Waals surface area contributed by atoms with E-state index in [-0.39, 0.29) is 11.6 Å². The Bertz CT molecular complexity index is 1340. The second-order valence-electron chi connectivity index (χ2n) is 8.18. The van der Waals surface area contributed by atoms with Crippen LogP contribution in [0.25, 0.3) is 16.9 Å². The fourth-order valence-electron chi connectivity index (χ4n) is 4.06. The SMILES string of the molecule is CCN1CCN(Cc2ccc(Nc3ncc(F)c(-c4ccc5ncc(C#N)n5c4)n3)nc2)CC1. The molecule has 4 aromatic heterocycles. The lowest BCUT2D eigenvalue weighted by Crippen LogP contribution is -2.45. The first-order valence-electron chi connectivity index (χ1n) is 11.2. The second kappa shape index (κ2) is 9.51. The van der Waals surface area contributed by atoms with E-state index in [1.54, 1.807) is 22.7 Å². The maximum Gasteiger partial charge on any atom is 0.229 e. The largest absolute Gasteiger partial charge is 0.309 e. The molecule has 34 heavy (non-hydrogen) atoms. The van der Waals surface area contributed by atoms with Crippen LogP contribution >= 0.6 is 0 Å². The summed E-state index contributed by atoms with van der Waals surface area (Å²) in [5.74, 6) is 0.252. The monoisotopic (exact) mass is 457 g/mol. The molecule has 5 rings (SSSR count). The van der Waals surface area contributed by atoms with E-state index in [1.807, 2.05) is 18.3 Å². The van der Waals surface area contributed by atoms with Gasteiger partial charge in [-0.05, 0) is 30.3 Å². The summed E-state index contributed by atoms with van der Waals surface area (Å²) in [6.07, 6.45) is 6.08. The molecule has 0 radical (unpaired) electrons. The van der Waals surface area contributed by atoms with Crippen LogP contribution in [0.4, 0.5) is 16.2 Å². The van der Waals surface area contributed by atoms with Crippen molar-refractivity contribution >= 4 is 17.4 Å². The molecule has 10 heteroatoms. The first-order valence-corrected chi connectivity index (χ1v) is 11.2. The average molecular weight is 458 g/mol. The molecule has 5 heterocycles. The van der Waals surface area contributed by atoms with E-state index in [1.165, 1.54) is 6.20 Å². The number of imidazole rings is 1. The van der Waals surface area contributed by atoms with Crippen molar-refractivity contribution in [3.8, 4) is 17.3 Å². The van der Waals surface area contributed by atoms with Crippen LogP contribution in [0.15, 0.2) is 49.1 Å². The molecule has 0 bridgehead atoms. The summed E-state index contributed by atoms with van der Waals surface area (Å²) in [5, 5.41) is 12.3. The fraction of sp³-hybridized carbons (Fsp3) is 0.292. The van der Waals surface area contributed by atoms with Crippen LogP contribution in [0, 0.1) is 17.1 Å². The lowest BCUT2D eigenvalue weighted by atomic mass is 10.2. The maximum atomic E-state index is 14.6. The molecule has 0 aromatic carbocycles. The molecule has 0 aliphatic carbocycles. The molecule has 4 aromatic rings. The second-order valence-corrected chi connectivity index (χ2v) is 8.18. The molecule has 0 unspecified atom stereocenters. The molecule has 1 saturated heterocycles. The third-order valence-electron chi connectivity index (χ3n) is 6.02. The predicted molar refractivity (Wildman–Crippen MR) is 126 cm³/mol. The van der Waals surface area contributed by atoms with E-state index in [0.717, 1.165) is 51.0 Å². The number of nitrogens with one attached hydrogen (secondary N) is 1. The van der Waals surface area contributed by atoms with Crippen molar-refractivity contribution in [2.24, 2.45) is 0 Å². The molecule has 0 spiro atoms. The summed E-state index contributed by atoms with van der Waals surface area (Å²) >= 11 is 0. The molecule has 1 fully saturated rings. The van der Waals surface area contributed by atoms with Gasteiger partial charge in [0.15, 0.2) is 5.82 Å². The molecular formula is C24H24FN9. The Morgan fingerprint density at radius 1 is 1.00 bits per heavy atom. The van der Waals surface area contributed by atoms with Gasteiger partial charge in [-0.2, -0.15) is 5.26 Å². The van der Waals surface area contributed by atoms with E-state index in [9.17, 15) is 9.65 Å². The van der Waals surface area contributed by atoms with Gasteiger partial charge in [0.1, 0.15) is 28.9 Å². The van der Waals surface area contributed by atoms with Crippen LogP contribution in [-0.2, 0) is 6.54 Å². The van der Waals surface area contributed by atoms with Gasteiger partial charge in [-0.15, -0.1) is 0 Å². The van der Waals surface area contributed by atoms with Crippen molar-refractivity contribution in [2.45, 2.75) is 13.5 Å². The highest BCUT2D eigenvalue weighted by Crippen LogP contribution is 2.23. The van der Waals surface area contributed by atoms with Gasteiger partial charge in [-0.1, -0.05) is 13.0 Å². The lowest BCUT2D eigenvalue weighted by molar-refractivity contribution is 0.132. The summed E-state index contributed by atoms with van der Waals surface area (Å²) in [4.78, 5) is 21.9. The van der Waals surface area contributed by atoms with Crippen LogP contribution in [0.2, 0.25) is 0 Å². The van der Waals surface area contributed by atoms with E-state index in [4.69, 9.17) is 0 Å². The quantitative estimate of drug-likeness (QED) is 0.472. The van der Waals surface area contributed by atoms with Crippen molar-refractivity contribution in [3.05, 3.63) is 66.1 Å². The van der Waals surface area contributed by atoms with Crippen molar-refractivity contribution in [1.82, 2.24) is 34.1 Å². The summed E-state index contributed by atoms with van der Waals surface area (Å²) in [6.45, 7) is 8.47. The molecule has 1 N–H and O–H groups in total. The molecular weight excluding hydrogens is 433 g/mol. The van der Waals surface area contributed by atoms with Crippen molar-refractivity contribution < 1.29 is 4.39 Å². The van der Waals surface area contributed by atoms with Crippen LogP contribution in [0.1, 0.15) is 18.2 Å². The minimum Gasteiger partial charge on any atom is -0.309 e. The maximum absolute atomic E-state index is 14.6. The lowest BCUT2D eigenvalue weighted by Gasteiger charge is -2.33. The topological polar surface area (TPSA) is 98.3 Å². The number of piperazine rings is 1. The Morgan fingerprint density at radius 2 is 1.82 bits per heavy atom. The normalized spacial score (nSPS) is 14.9. The Kier molecular flexibility index (Phi) is 6.12. The summed E-state index contributed by atoms with van der Waals surface area (Å²) < 4.78 is 16.2. The highest BCUT2D eigenvalue weighted by atomic mass is 19.1. The van der Waals surface area contributed by atoms with Gasteiger partial charge in [-0.25, -0.2) is 24.3 Å². The zero-order valence-corrected chi connectivity index (χ0v) is 18.8.